The molecular weight excluding hydrogens is 183 g/mol. The molecule has 3 heteroatoms. The van der Waals surface area contributed by atoms with Gasteiger partial charge in [-0.3, -0.25) is 0 Å². The van der Waals surface area contributed by atoms with Gasteiger partial charge in [-0.05, 0) is 32.0 Å². The molecule has 0 aliphatic rings. The van der Waals surface area contributed by atoms with Gasteiger partial charge in [0.2, 0.25) is 0 Å². The van der Waals surface area contributed by atoms with Gasteiger partial charge in [0, 0.05) is 0 Å². The van der Waals surface area contributed by atoms with Crippen LogP contribution in [0.4, 0.5) is 0 Å². The summed E-state index contributed by atoms with van der Waals surface area (Å²) in [6, 6.07) is 0. The maximum atomic E-state index is 7.14. The third-order valence-electron chi connectivity index (χ3n) is 2.62. The van der Waals surface area contributed by atoms with Gasteiger partial charge in [0.1, 0.15) is 0 Å². The Labute approximate surface area is 102 Å². The van der Waals surface area contributed by atoms with Gasteiger partial charge in [-0.15, -0.1) is 0 Å². The summed E-state index contributed by atoms with van der Waals surface area (Å²) in [5.74, 6) is 2.43. The maximum absolute atomic E-state index is 7.14. The van der Waals surface area contributed by atoms with Crippen molar-refractivity contribution < 1.29 is 23.3 Å². The van der Waals surface area contributed by atoms with Crippen LogP contribution in [0.15, 0.2) is 0 Å². The predicted octanol–water partition coefficient (Wildman–Crippen LogP) is 0.381. The summed E-state index contributed by atoms with van der Waals surface area (Å²) >= 11 is 0. The van der Waals surface area contributed by atoms with Gasteiger partial charge < -0.3 is 16.8 Å². The van der Waals surface area contributed by atoms with Crippen LogP contribution < -0.4 is 18.9 Å². The topological polar surface area (TPSA) is 9.23 Å². The molecule has 1 nitrogen and oxygen atoms in total. The molecule has 14 heavy (non-hydrogen) atoms. The Morgan fingerprint density at radius 1 is 1.07 bits per heavy atom. The first-order chi connectivity index (χ1) is 5.52. The van der Waals surface area contributed by atoms with Gasteiger partial charge in [0.15, 0.2) is 8.32 Å². The first-order valence-electron chi connectivity index (χ1n) is 4.66. The van der Waals surface area contributed by atoms with E-state index in [1.165, 1.54) is 0 Å². The van der Waals surface area contributed by atoms with Crippen molar-refractivity contribution in [2.75, 3.05) is 0 Å². The molecule has 0 aliphatic carbocycles. The minimum Gasteiger partial charge on any atom is -0.691 e. The Morgan fingerprint density at radius 3 is 1.64 bits per heavy atom. The van der Waals surface area contributed by atoms with Crippen LogP contribution in [0.3, 0.4) is 0 Å². The molecule has 0 saturated carbocycles. The summed E-state index contributed by atoms with van der Waals surface area (Å²) in [5.41, 5.74) is -0.539. The van der Waals surface area contributed by atoms with E-state index in [0.717, 1.165) is 0 Å². The third-order valence-corrected chi connectivity index (χ3v) is 7.25. The van der Waals surface area contributed by atoms with E-state index in [0.29, 0.717) is 0 Å². The zero-order valence-electron chi connectivity index (χ0n) is 10.9. The van der Waals surface area contributed by atoms with Gasteiger partial charge >= 0.3 is 18.9 Å². The number of hydrogen-bond acceptors (Lipinski definition) is 1. The van der Waals surface area contributed by atoms with Crippen LogP contribution in [0.25, 0.3) is 0 Å². The second kappa shape index (κ2) is 4.91. The van der Waals surface area contributed by atoms with E-state index >= 15 is 0 Å². The van der Waals surface area contributed by atoms with E-state index in [4.69, 9.17) is 10.8 Å². The molecule has 0 N–H and O–H groups in total. The fourth-order valence-electron chi connectivity index (χ4n) is 0.816. The van der Waals surface area contributed by atoms with Crippen molar-refractivity contribution in [1.82, 2.24) is 0 Å². The summed E-state index contributed by atoms with van der Waals surface area (Å²) in [6.45, 7) is 14.7. The Morgan fingerprint density at radius 2 is 1.43 bits per heavy atom. The Balaban J connectivity index is 0. The van der Waals surface area contributed by atoms with Crippen LogP contribution in [-0.4, -0.2) is 13.9 Å². The average molecular weight is 204 g/mol. The van der Waals surface area contributed by atoms with Crippen molar-refractivity contribution in [3.8, 4) is 5.92 Å². The maximum Gasteiger partial charge on any atom is 1.00 e. The van der Waals surface area contributed by atoms with Crippen LogP contribution in [0, 0.1) is 12.3 Å². The molecular formula is C11H21LiOSi. The van der Waals surface area contributed by atoms with E-state index in [1.807, 2.05) is 13.8 Å². The summed E-state index contributed by atoms with van der Waals surface area (Å²) in [4.78, 5) is 0. The zero-order valence-corrected chi connectivity index (χ0v) is 11.9. The molecule has 0 saturated heterocycles. The molecule has 0 bridgehead atoms. The van der Waals surface area contributed by atoms with E-state index in [1.54, 1.807) is 0 Å². The summed E-state index contributed by atoms with van der Waals surface area (Å²) in [6.07, 6.45) is 7.14. The minimum atomic E-state index is -1.74. The Kier molecular flexibility index (Phi) is 5.87. The van der Waals surface area contributed by atoms with E-state index in [2.05, 4.69) is 39.8 Å². The molecule has 0 spiro atoms. The Hall–Kier alpha value is 0.334. The molecule has 0 heterocycles. The van der Waals surface area contributed by atoms with Crippen LogP contribution in [0.1, 0.15) is 34.6 Å². The quantitative estimate of drug-likeness (QED) is 0.359. The fourth-order valence-corrected chi connectivity index (χ4v) is 2.45. The van der Waals surface area contributed by atoms with Gasteiger partial charge in [-0.25, -0.2) is 0 Å². The summed E-state index contributed by atoms with van der Waals surface area (Å²) in [5, 5.41) is 0.196. The SMILES string of the molecule is [C-]#CC(C)(C)O[Si](C)(C)C(C)(C)C.[Li+]. The standard InChI is InChI=1S/C11H21OSi.Li/c1-9-11(5,6)12-13(7,8)10(2,3)4;/h2-8H3;/q-1;+1. The van der Waals surface area contributed by atoms with Gasteiger partial charge in [0.05, 0.1) is 5.60 Å². The van der Waals surface area contributed by atoms with Crippen LogP contribution in [0.5, 0.6) is 0 Å². The van der Waals surface area contributed by atoms with Crippen molar-refractivity contribution in [1.29, 1.82) is 0 Å². The first kappa shape index (κ1) is 16.8. The predicted molar refractivity (Wildman–Crippen MR) is 59.5 cm³/mol. The molecule has 0 aromatic rings. The molecule has 0 atom stereocenters. The second-order valence-electron chi connectivity index (χ2n) is 5.50. The molecule has 0 aliphatic heterocycles. The minimum absolute atomic E-state index is 0. The number of rotatable bonds is 2. The number of hydrogen-bond donors (Lipinski definition) is 0. The van der Waals surface area contributed by atoms with Crippen molar-refractivity contribution in [2.24, 2.45) is 0 Å². The molecule has 0 fully saturated rings. The van der Waals surface area contributed by atoms with Crippen molar-refractivity contribution in [2.45, 2.75) is 58.4 Å². The largest absolute Gasteiger partial charge is 1.00 e. The zero-order chi connectivity index (χ0) is 10.9. The average Bonchev–Trinajstić information content (AvgIpc) is 1.83. The summed E-state index contributed by atoms with van der Waals surface area (Å²) in [7, 11) is -1.74. The monoisotopic (exact) mass is 204 g/mol. The first-order valence-corrected chi connectivity index (χ1v) is 7.57. The Bertz CT molecular complexity index is 220. The van der Waals surface area contributed by atoms with Crippen molar-refractivity contribution in [3.05, 3.63) is 6.42 Å². The van der Waals surface area contributed by atoms with Crippen LogP contribution in [-0.2, 0) is 4.43 Å². The van der Waals surface area contributed by atoms with Crippen LogP contribution in [0.2, 0.25) is 18.1 Å². The molecule has 76 valence electrons. The molecule has 0 amide bonds. The van der Waals surface area contributed by atoms with Gasteiger partial charge in [0.25, 0.3) is 0 Å². The van der Waals surface area contributed by atoms with E-state index in [-0.39, 0.29) is 23.9 Å². The normalized spacial score (nSPS) is 13.0. The van der Waals surface area contributed by atoms with E-state index < -0.39 is 13.9 Å². The second-order valence-corrected chi connectivity index (χ2v) is 10.2. The molecule has 0 aromatic carbocycles. The third kappa shape index (κ3) is 4.71. The summed E-state index contributed by atoms with van der Waals surface area (Å²) < 4.78 is 5.98. The van der Waals surface area contributed by atoms with Crippen molar-refractivity contribution in [3.63, 3.8) is 0 Å². The van der Waals surface area contributed by atoms with Gasteiger partial charge in [-0.1, -0.05) is 20.8 Å². The molecule has 0 rings (SSSR count). The van der Waals surface area contributed by atoms with Gasteiger partial charge in [-0.2, -0.15) is 0 Å². The fraction of sp³-hybridized carbons (Fsp3) is 0.818. The van der Waals surface area contributed by atoms with E-state index in [9.17, 15) is 0 Å². The van der Waals surface area contributed by atoms with Crippen molar-refractivity contribution >= 4 is 8.32 Å². The molecule has 0 radical (unpaired) electrons. The molecule has 0 unspecified atom stereocenters. The smallest absolute Gasteiger partial charge is 0.691 e. The van der Waals surface area contributed by atoms with Crippen LogP contribution >= 0.6 is 0 Å². The molecule has 0 aromatic heterocycles.